The summed E-state index contributed by atoms with van der Waals surface area (Å²) >= 11 is 0. The molecule has 1 saturated heterocycles. The summed E-state index contributed by atoms with van der Waals surface area (Å²) in [5.74, 6) is -0.0520. The molecule has 0 aromatic heterocycles. The fourth-order valence-corrected chi connectivity index (χ4v) is 2.41. The molecule has 1 aromatic rings. The van der Waals surface area contributed by atoms with Crippen molar-refractivity contribution >= 4 is 11.6 Å². The van der Waals surface area contributed by atoms with Crippen LogP contribution in [0.2, 0.25) is 0 Å². The molecule has 1 atom stereocenters. The summed E-state index contributed by atoms with van der Waals surface area (Å²) < 4.78 is 10.8. The Balaban J connectivity index is 1.57. The topological polar surface area (TPSA) is 59.6 Å². The maximum atomic E-state index is 12.1. The number of amides is 1. The number of anilines is 1. The van der Waals surface area contributed by atoms with E-state index in [4.69, 9.17) is 9.47 Å². The Bertz CT molecular complexity index is 470. The van der Waals surface area contributed by atoms with Gasteiger partial charge in [-0.2, -0.15) is 0 Å². The van der Waals surface area contributed by atoms with Gasteiger partial charge in [-0.25, -0.2) is 0 Å². The lowest BCUT2D eigenvalue weighted by Crippen LogP contribution is -2.39. The van der Waals surface area contributed by atoms with Crippen molar-refractivity contribution in [3.63, 3.8) is 0 Å². The summed E-state index contributed by atoms with van der Waals surface area (Å²) in [7, 11) is 0. The van der Waals surface area contributed by atoms with Crippen molar-refractivity contribution in [3.05, 3.63) is 29.3 Å². The Morgan fingerprint density at radius 2 is 2.37 bits per heavy atom. The number of carbonyl (C=O) groups is 1. The van der Waals surface area contributed by atoms with Crippen molar-refractivity contribution < 1.29 is 14.3 Å². The maximum absolute atomic E-state index is 12.1. The molecule has 5 nitrogen and oxygen atoms in total. The highest BCUT2D eigenvalue weighted by Gasteiger charge is 2.17. The van der Waals surface area contributed by atoms with Gasteiger partial charge in [-0.1, -0.05) is 0 Å². The van der Waals surface area contributed by atoms with Crippen LogP contribution in [0.4, 0.5) is 5.69 Å². The molecule has 0 radical (unpaired) electrons. The summed E-state index contributed by atoms with van der Waals surface area (Å²) in [5.41, 5.74) is 3.06. The van der Waals surface area contributed by atoms with Crippen LogP contribution >= 0.6 is 0 Å². The number of rotatable bonds is 3. The van der Waals surface area contributed by atoms with E-state index in [1.165, 1.54) is 5.56 Å². The van der Waals surface area contributed by atoms with E-state index in [-0.39, 0.29) is 12.0 Å². The summed E-state index contributed by atoms with van der Waals surface area (Å²) in [6, 6.07) is 5.78. The number of fused-ring (bicyclic) bond motifs is 1. The number of nitrogens with one attached hydrogen (secondary N) is 2. The van der Waals surface area contributed by atoms with Gasteiger partial charge in [0.25, 0.3) is 5.91 Å². The van der Waals surface area contributed by atoms with Gasteiger partial charge in [0.15, 0.2) is 0 Å². The van der Waals surface area contributed by atoms with Gasteiger partial charge in [-0.15, -0.1) is 0 Å². The molecular weight excluding hydrogens is 244 g/mol. The molecule has 3 rings (SSSR count). The van der Waals surface area contributed by atoms with Crippen LogP contribution in [-0.2, 0) is 15.9 Å². The second-order valence-electron chi connectivity index (χ2n) is 4.83. The number of ether oxygens (including phenoxy) is 2. The third kappa shape index (κ3) is 2.88. The molecule has 2 N–H and O–H groups in total. The van der Waals surface area contributed by atoms with Crippen molar-refractivity contribution in [3.8, 4) is 0 Å². The van der Waals surface area contributed by atoms with Crippen LogP contribution in [0.25, 0.3) is 0 Å². The molecule has 2 heterocycles. The third-order valence-corrected chi connectivity index (χ3v) is 3.45. The average molecular weight is 262 g/mol. The Kier molecular flexibility index (Phi) is 3.66. The molecule has 0 aliphatic carbocycles. The van der Waals surface area contributed by atoms with Gasteiger partial charge in [0.1, 0.15) is 0 Å². The van der Waals surface area contributed by atoms with Crippen LogP contribution in [0.15, 0.2) is 18.2 Å². The molecule has 2 aliphatic rings. The van der Waals surface area contributed by atoms with Crippen molar-refractivity contribution in [1.82, 2.24) is 5.32 Å². The Hall–Kier alpha value is -1.59. The van der Waals surface area contributed by atoms with E-state index < -0.39 is 0 Å². The van der Waals surface area contributed by atoms with Crippen LogP contribution in [0.3, 0.4) is 0 Å². The molecule has 2 aliphatic heterocycles. The van der Waals surface area contributed by atoms with Crippen LogP contribution in [0.1, 0.15) is 15.9 Å². The first-order valence-electron chi connectivity index (χ1n) is 6.67. The molecule has 102 valence electrons. The molecule has 0 spiro atoms. The maximum Gasteiger partial charge on any atom is 0.251 e. The lowest BCUT2D eigenvalue weighted by molar-refractivity contribution is -0.0855. The first-order chi connectivity index (χ1) is 9.33. The van der Waals surface area contributed by atoms with Gasteiger partial charge in [-0.05, 0) is 30.2 Å². The summed E-state index contributed by atoms with van der Waals surface area (Å²) in [6.07, 6.45) is 0.949. The number of hydrogen-bond acceptors (Lipinski definition) is 4. The molecule has 0 saturated carbocycles. The van der Waals surface area contributed by atoms with Crippen molar-refractivity contribution in [2.24, 2.45) is 0 Å². The van der Waals surface area contributed by atoms with Crippen molar-refractivity contribution in [2.75, 3.05) is 38.2 Å². The Morgan fingerprint density at radius 1 is 1.42 bits per heavy atom. The first-order valence-corrected chi connectivity index (χ1v) is 6.67. The summed E-state index contributed by atoms with van der Waals surface area (Å²) in [4.78, 5) is 12.1. The minimum Gasteiger partial charge on any atom is -0.384 e. The molecule has 1 amide bonds. The van der Waals surface area contributed by atoms with E-state index in [2.05, 4.69) is 10.6 Å². The molecule has 0 unspecified atom stereocenters. The van der Waals surface area contributed by atoms with E-state index >= 15 is 0 Å². The Morgan fingerprint density at radius 3 is 3.21 bits per heavy atom. The highest BCUT2D eigenvalue weighted by atomic mass is 16.6. The zero-order valence-corrected chi connectivity index (χ0v) is 10.8. The van der Waals surface area contributed by atoms with Gasteiger partial charge < -0.3 is 20.1 Å². The quantitative estimate of drug-likeness (QED) is 0.846. The second-order valence-corrected chi connectivity index (χ2v) is 4.83. The summed E-state index contributed by atoms with van der Waals surface area (Å²) in [6.45, 7) is 3.24. The van der Waals surface area contributed by atoms with Gasteiger partial charge in [-0.3, -0.25) is 4.79 Å². The van der Waals surface area contributed by atoms with Gasteiger partial charge >= 0.3 is 0 Å². The standard InChI is InChI=1S/C14H18N2O3/c17-14(16-8-12-9-18-5-6-19-12)11-1-2-13-10(7-11)3-4-15-13/h1-2,7,12,15H,3-6,8-9H2,(H,16,17)/t12-/m0/s1. The zero-order chi connectivity index (χ0) is 13.1. The van der Waals surface area contributed by atoms with Gasteiger partial charge in [0.2, 0.25) is 0 Å². The number of hydrogen-bond donors (Lipinski definition) is 2. The molecule has 5 heteroatoms. The fourth-order valence-electron chi connectivity index (χ4n) is 2.41. The van der Waals surface area contributed by atoms with Crippen LogP contribution in [-0.4, -0.2) is 44.9 Å². The van der Waals surface area contributed by atoms with Gasteiger partial charge in [0.05, 0.1) is 25.9 Å². The zero-order valence-electron chi connectivity index (χ0n) is 10.8. The largest absolute Gasteiger partial charge is 0.384 e. The minimum absolute atomic E-state index is 0.0335. The molecule has 1 aromatic carbocycles. The Labute approximate surface area is 112 Å². The van der Waals surface area contributed by atoms with E-state index in [9.17, 15) is 4.79 Å². The van der Waals surface area contributed by atoms with E-state index in [0.717, 1.165) is 18.7 Å². The van der Waals surface area contributed by atoms with E-state index in [1.54, 1.807) is 0 Å². The van der Waals surface area contributed by atoms with E-state index in [0.29, 0.717) is 31.9 Å². The molecular formula is C14H18N2O3. The minimum atomic E-state index is -0.0520. The molecule has 1 fully saturated rings. The average Bonchev–Trinajstić information content (AvgIpc) is 2.93. The number of benzene rings is 1. The highest BCUT2D eigenvalue weighted by Crippen LogP contribution is 2.22. The first kappa shape index (κ1) is 12.4. The SMILES string of the molecule is O=C(NC[C@H]1COCCO1)c1ccc2c(c1)CCN2. The normalized spacial score (nSPS) is 21.6. The third-order valence-electron chi connectivity index (χ3n) is 3.45. The van der Waals surface area contributed by atoms with Crippen LogP contribution in [0, 0.1) is 0 Å². The fraction of sp³-hybridized carbons (Fsp3) is 0.500. The highest BCUT2D eigenvalue weighted by molar-refractivity contribution is 5.95. The van der Waals surface area contributed by atoms with Crippen molar-refractivity contribution in [2.45, 2.75) is 12.5 Å². The molecule has 19 heavy (non-hydrogen) atoms. The predicted molar refractivity (Wildman–Crippen MR) is 71.5 cm³/mol. The lowest BCUT2D eigenvalue weighted by atomic mass is 10.1. The predicted octanol–water partition coefficient (Wildman–Crippen LogP) is 0.800. The number of carbonyl (C=O) groups excluding carboxylic acids is 1. The van der Waals surface area contributed by atoms with Crippen LogP contribution < -0.4 is 10.6 Å². The monoisotopic (exact) mass is 262 g/mol. The van der Waals surface area contributed by atoms with Crippen LogP contribution in [0.5, 0.6) is 0 Å². The van der Waals surface area contributed by atoms with E-state index in [1.807, 2.05) is 18.2 Å². The van der Waals surface area contributed by atoms with Crippen molar-refractivity contribution in [1.29, 1.82) is 0 Å². The second kappa shape index (κ2) is 5.59. The summed E-state index contributed by atoms with van der Waals surface area (Å²) in [5, 5.41) is 6.18. The van der Waals surface area contributed by atoms with Gasteiger partial charge in [0, 0.05) is 24.3 Å². The lowest BCUT2D eigenvalue weighted by Gasteiger charge is -2.23. The smallest absolute Gasteiger partial charge is 0.251 e. The molecule has 0 bridgehead atoms.